The molecule has 2 saturated heterocycles. The van der Waals surface area contributed by atoms with E-state index in [0.717, 1.165) is 71.9 Å². The molecule has 0 radical (unpaired) electrons. The van der Waals surface area contributed by atoms with Gasteiger partial charge >= 0.3 is 18.2 Å². The number of fused-ring (bicyclic) bond motifs is 2. The van der Waals surface area contributed by atoms with E-state index < -0.39 is 29.8 Å². The molecule has 354 valence electrons. The van der Waals surface area contributed by atoms with Crippen LogP contribution in [-0.2, 0) is 25.5 Å². The number of Topliss-reactive ketones (excluding diaryl/α,β-unsaturated/α-hetero) is 2. The summed E-state index contributed by atoms with van der Waals surface area (Å²) in [6, 6.07) is 22.9. The fourth-order valence-electron chi connectivity index (χ4n) is 9.56. The van der Waals surface area contributed by atoms with E-state index in [0.29, 0.717) is 55.6 Å². The van der Waals surface area contributed by atoms with Crippen LogP contribution in [0.5, 0.6) is 0 Å². The number of aliphatic imine (C=N–C) groups is 1. The Morgan fingerprint density at radius 1 is 0.848 bits per heavy atom. The van der Waals surface area contributed by atoms with Crippen molar-refractivity contribution in [2.75, 3.05) is 25.6 Å². The molecule has 3 heterocycles. The number of carboxylic acids is 1. The van der Waals surface area contributed by atoms with E-state index >= 15 is 0 Å². The van der Waals surface area contributed by atoms with Gasteiger partial charge in [-0.2, -0.15) is 18.3 Å². The topological polar surface area (TPSA) is 179 Å². The van der Waals surface area contributed by atoms with Gasteiger partial charge in [-0.05, 0) is 157 Å². The number of rotatable bonds is 14. The van der Waals surface area contributed by atoms with Gasteiger partial charge < -0.3 is 25.4 Å². The molecule has 2 unspecified atom stereocenters. The first-order valence-electron chi connectivity index (χ1n) is 22.8. The van der Waals surface area contributed by atoms with Crippen molar-refractivity contribution in [3.63, 3.8) is 0 Å². The molecular weight excluding hydrogens is 854 g/mol. The number of aryl methyl sites for hydroxylation is 1. The van der Waals surface area contributed by atoms with Crippen LogP contribution in [0, 0.1) is 30.6 Å². The molecule has 66 heavy (non-hydrogen) atoms. The number of azo groups is 1. The Morgan fingerprint density at radius 2 is 1.47 bits per heavy atom. The fourth-order valence-corrected chi connectivity index (χ4v) is 9.56. The minimum absolute atomic E-state index is 0.105. The normalized spacial score (nSPS) is 22.1. The molecule has 2 amide bonds. The number of hydrogen-bond acceptors (Lipinski definition) is 10. The highest BCUT2D eigenvalue weighted by Crippen LogP contribution is 2.39. The van der Waals surface area contributed by atoms with Gasteiger partial charge in [0.15, 0.2) is 18.3 Å². The van der Waals surface area contributed by atoms with Gasteiger partial charge in [-0.1, -0.05) is 36.4 Å². The van der Waals surface area contributed by atoms with Gasteiger partial charge in [-0.15, -0.1) is 5.11 Å². The number of carbonyl (C=O) groups is 5. The molecule has 0 spiro atoms. The molecule has 7 rings (SSSR count). The minimum Gasteiger partial charge on any atom is -0.475 e. The average Bonchev–Trinajstić information content (AvgIpc) is 3.87. The number of carbonyl (C=O) groups excluding carboxylic acids is 4. The van der Waals surface area contributed by atoms with Crippen LogP contribution in [0.1, 0.15) is 112 Å². The Balaban J connectivity index is 0.000000952. The Labute approximate surface area is 384 Å². The molecule has 3 N–H and O–H groups in total. The highest BCUT2D eigenvalue weighted by atomic mass is 19.4. The highest BCUT2D eigenvalue weighted by molar-refractivity contribution is 6.01. The number of halogens is 3. The number of anilines is 1. The molecule has 1 saturated carbocycles. The number of benzene rings is 3. The zero-order valence-electron chi connectivity index (χ0n) is 38.3. The molecule has 2 bridgehead atoms. The van der Waals surface area contributed by atoms with Crippen LogP contribution in [0.25, 0.3) is 11.1 Å². The van der Waals surface area contributed by atoms with Crippen molar-refractivity contribution in [2.45, 2.75) is 122 Å². The summed E-state index contributed by atoms with van der Waals surface area (Å²) in [6.45, 7) is 8.42. The molecule has 16 heteroatoms. The Bertz CT molecular complexity index is 2270. The second-order valence-corrected chi connectivity index (χ2v) is 19.1. The van der Waals surface area contributed by atoms with Crippen molar-refractivity contribution in [2.24, 2.45) is 38.9 Å². The summed E-state index contributed by atoms with van der Waals surface area (Å²) >= 11 is 0. The standard InChI is InChI=1S/C48H60N6O5.C2HF3O2/c1-30-22-37(43(55)26-33-24-40-19-20-41(25-33)54(40)5)16-21-42(30)34-10-6-31(7-11-34)23-38(46(57)52-39-17-14-36(15-18-39)45-50-29-51-53-45)27-44(56)35-12-8-32(9-13-35)28-49-47(58)59-48(2,3)4;3-2(4,5)1(6)7/h6-7,10-11,14-18,21-22,32-33,35,38,40-41H,8-9,12-13,19-20,23-29H2,1-5H3,(H,49,58)(H,52,57);(H,6,7)/t32?,33?,35?,38-,40?,41?;/m1./s1. The zero-order chi connectivity index (χ0) is 47.8. The summed E-state index contributed by atoms with van der Waals surface area (Å²) in [5, 5.41) is 21.1. The van der Waals surface area contributed by atoms with Crippen molar-refractivity contribution in [3.05, 3.63) is 89.0 Å². The number of hydrogen-bond donors (Lipinski definition) is 3. The predicted octanol–water partition coefficient (Wildman–Crippen LogP) is 10.00. The third kappa shape index (κ3) is 13.9. The monoisotopic (exact) mass is 914 g/mol. The van der Waals surface area contributed by atoms with Crippen molar-refractivity contribution in [1.29, 1.82) is 0 Å². The minimum atomic E-state index is -5.08. The van der Waals surface area contributed by atoms with Gasteiger partial charge in [-0.3, -0.25) is 14.4 Å². The fraction of sp³-hybridized carbons (Fsp3) is 0.520. The van der Waals surface area contributed by atoms with Crippen LogP contribution >= 0.6 is 0 Å². The summed E-state index contributed by atoms with van der Waals surface area (Å²) in [4.78, 5) is 69.1. The van der Waals surface area contributed by atoms with Crippen LogP contribution < -0.4 is 10.6 Å². The highest BCUT2D eigenvalue weighted by Gasteiger charge is 2.39. The lowest BCUT2D eigenvalue weighted by molar-refractivity contribution is -0.192. The number of carboxylic acid groups (broad SMARTS) is 1. The summed E-state index contributed by atoms with van der Waals surface area (Å²) in [5.74, 6) is -2.00. The summed E-state index contributed by atoms with van der Waals surface area (Å²) in [5.41, 5.74) is 5.82. The number of ketones is 2. The van der Waals surface area contributed by atoms with E-state index in [9.17, 15) is 32.3 Å². The van der Waals surface area contributed by atoms with Gasteiger partial charge in [0.25, 0.3) is 0 Å². The number of amides is 2. The largest absolute Gasteiger partial charge is 0.490 e. The van der Waals surface area contributed by atoms with Crippen molar-refractivity contribution < 1.29 is 47.0 Å². The van der Waals surface area contributed by atoms with Crippen molar-refractivity contribution >= 4 is 41.1 Å². The molecule has 4 aliphatic rings. The number of alkyl carbamates (subject to hydrolysis) is 1. The molecular formula is C50H61F3N6O7. The summed E-state index contributed by atoms with van der Waals surface area (Å²) < 4.78 is 37.1. The van der Waals surface area contributed by atoms with Gasteiger partial charge in [0.2, 0.25) is 5.91 Å². The maximum Gasteiger partial charge on any atom is 0.490 e. The van der Waals surface area contributed by atoms with Crippen LogP contribution in [0.3, 0.4) is 0 Å². The van der Waals surface area contributed by atoms with E-state index in [1.54, 1.807) is 0 Å². The molecule has 3 aromatic carbocycles. The molecule has 3 fully saturated rings. The first-order chi connectivity index (χ1) is 31.2. The van der Waals surface area contributed by atoms with E-state index in [1.165, 1.54) is 12.8 Å². The second-order valence-electron chi connectivity index (χ2n) is 19.1. The molecule has 3 atom stereocenters. The van der Waals surface area contributed by atoms with Gasteiger partial charge in [0.05, 0.1) is 0 Å². The SMILES string of the molecule is Cc1cc(C(=O)CC2CC3CCC(C2)N3C)ccc1-c1ccc(C[C@H](CC(=O)C2CCC(CNC(=O)OC(C)(C)C)CC2)C(=O)Nc2ccc(C3=NCN=N3)cc2)cc1.O=C(O)C(F)(F)F. The third-order valence-electron chi connectivity index (χ3n) is 13.1. The van der Waals surface area contributed by atoms with E-state index in [1.807, 2.05) is 69.3 Å². The molecule has 3 aliphatic heterocycles. The third-order valence-corrected chi connectivity index (χ3v) is 13.1. The first-order valence-corrected chi connectivity index (χ1v) is 22.8. The lowest BCUT2D eigenvalue weighted by Crippen LogP contribution is -2.40. The number of ether oxygens (including phenoxy) is 1. The summed E-state index contributed by atoms with van der Waals surface area (Å²) in [6.07, 6.45) is 3.53. The first kappa shape index (κ1) is 49.7. The smallest absolute Gasteiger partial charge is 0.475 e. The molecule has 13 nitrogen and oxygen atoms in total. The summed E-state index contributed by atoms with van der Waals surface area (Å²) in [7, 11) is 2.24. The number of nitrogens with one attached hydrogen (secondary N) is 2. The lowest BCUT2D eigenvalue weighted by Gasteiger charge is -2.36. The quantitative estimate of drug-likeness (QED) is 0.134. The lowest BCUT2D eigenvalue weighted by atomic mass is 9.77. The van der Waals surface area contributed by atoms with E-state index in [-0.39, 0.29) is 35.7 Å². The number of piperidine rings is 1. The van der Waals surface area contributed by atoms with Gasteiger partial charge in [0.1, 0.15) is 11.4 Å². The van der Waals surface area contributed by atoms with Crippen molar-refractivity contribution in [1.82, 2.24) is 10.2 Å². The number of amidine groups is 1. The average molecular weight is 915 g/mol. The van der Waals surface area contributed by atoms with Gasteiger partial charge in [-0.25, -0.2) is 14.6 Å². The van der Waals surface area contributed by atoms with Crippen LogP contribution in [0.2, 0.25) is 0 Å². The number of nitrogens with zero attached hydrogens (tertiary/aromatic N) is 4. The number of aliphatic carboxylic acids is 1. The predicted molar refractivity (Wildman–Crippen MR) is 244 cm³/mol. The maximum atomic E-state index is 14.0. The second kappa shape index (κ2) is 21.7. The van der Waals surface area contributed by atoms with Crippen LogP contribution in [0.4, 0.5) is 23.7 Å². The van der Waals surface area contributed by atoms with Crippen LogP contribution in [-0.4, -0.2) is 89.5 Å². The van der Waals surface area contributed by atoms with E-state index in [4.69, 9.17) is 14.6 Å². The molecule has 0 aromatic heterocycles. The zero-order valence-corrected chi connectivity index (χ0v) is 38.3. The van der Waals surface area contributed by atoms with Gasteiger partial charge in [0, 0.05) is 60.1 Å². The van der Waals surface area contributed by atoms with Crippen molar-refractivity contribution in [3.8, 4) is 11.1 Å². The number of alkyl halides is 3. The Kier molecular flexibility index (Phi) is 16.3. The Morgan fingerprint density at radius 3 is 2.03 bits per heavy atom. The molecule has 3 aromatic rings. The Hall–Kier alpha value is -5.77. The maximum absolute atomic E-state index is 14.0. The molecule has 1 aliphatic carbocycles. The van der Waals surface area contributed by atoms with Crippen LogP contribution in [0.15, 0.2) is 82.0 Å². The van der Waals surface area contributed by atoms with E-state index in [2.05, 4.69) is 62.9 Å².